The molecule has 6 heteroatoms. The van der Waals surface area contributed by atoms with E-state index in [-0.39, 0.29) is 11.4 Å². The zero-order valence-electron chi connectivity index (χ0n) is 13.1. The summed E-state index contributed by atoms with van der Waals surface area (Å²) in [6, 6.07) is 5.49. The lowest BCUT2D eigenvalue weighted by atomic mass is 9.99. The summed E-state index contributed by atoms with van der Waals surface area (Å²) in [5.41, 5.74) is 2.61. The number of hydrogen-bond acceptors (Lipinski definition) is 4. The Labute approximate surface area is 139 Å². The van der Waals surface area contributed by atoms with Gasteiger partial charge in [-0.15, -0.1) is 5.10 Å². The highest BCUT2D eigenvalue weighted by molar-refractivity contribution is 6.30. The van der Waals surface area contributed by atoms with E-state index in [0.29, 0.717) is 29.2 Å². The predicted molar refractivity (Wildman–Crippen MR) is 91.8 cm³/mol. The minimum Gasteiger partial charge on any atom is -0.491 e. The van der Waals surface area contributed by atoms with Gasteiger partial charge in [0.1, 0.15) is 5.69 Å². The number of unbranched alkanes of at least 4 members (excludes halogenated alkanes) is 3. The van der Waals surface area contributed by atoms with E-state index in [0.717, 1.165) is 36.9 Å². The van der Waals surface area contributed by atoms with Crippen LogP contribution in [0.3, 0.4) is 0 Å². The summed E-state index contributed by atoms with van der Waals surface area (Å²) in [6.45, 7) is 2.68. The van der Waals surface area contributed by atoms with Crippen molar-refractivity contribution in [2.75, 3.05) is 5.32 Å². The number of nitrogens with zero attached hydrogens (tertiary/aromatic N) is 2. The Kier molecular flexibility index (Phi) is 4.57. The molecule has 0 bridgehead atoms. The van der Waals surface area contributed by atoms with Crippen LogP contribution in [0.5, 0.6) is 5.88 Å². The first-order valence-corrected chi connectivity index (χ1v) is 8.36. The summed E-state index contributed by atoms with van der Waals surface area (Å²) in [5.74, 6) is -0.138. The Hall–Kier alpha value is -2.01. The number of anilines is 2. The molecule has 0 unspecified atom stereocenters. The molecule has 0 saturated carbocycles. The number of halogens is 1. The number of benzene rings is 1. The molecule has 2 N–H and O–H groups in total. The molecule has 1 aromatic heterocycles. The fourth-order valence-electron chi connectivity index (χ4n) is 2.89. The molecule has 2 aromatic rings. The molecule has 0 radical (unpaired) electrons. The predicted octanol–water partition coefficient (Wildman–Crippen LogP) is 3.83. The van der Waals surface area contributed by atoms with Gasteiger partial charge in [0.15, 0.2) is 0 Å². The highest BCUT2D eigenvalue weighted by atomic mass is 35.5. The first-order valence-electron chi connectivity index (χ1n) is 7.98. The van der Waals surface area contributed by atoms with Gasteiger partial charge in [0.25, 0.3) is 11.4 Å². The van der Waals surface area contributed by atoms with E-state index in [1.54, 1.807) is 12.1 Å². The Bertz CT molecular complexity index is 786. The third kappa shape index (κ3) is 3.20. The quantitative estimate of drug-likeness (QED) is 0.696. The molecule has 1 aliphatic heterocycles. The van der Waals surface area contributed by atoms with Crippen LogP contribution in [0.2, 0.25) is 5.02 Å². The van der Waals surface area contributed by atoms with E-state index >= 15 is 0 Å². The summed E-state index contributed by atoms with van der Waals surface area (Å²) < 4.78 is 1.38. The molecule has 0 fully saturated rings. The Morgan fingerprint density at radius 3 is 2.96 bits per heavy atom. The van der Waals surface area contributed by atoms with Crippen LogP contribution in [-0.2, 0) is 13.0 Å². The number of fused-ring (bicyclic) bond motifs is 2. The lowest BCUT2D eigenvalue weighted by molar-refractivity contribution is 0.412. The molecule has 0 saturated heterocycles. The standard InChI is InChI=1S/C17H20ClN3O2/c1-2-3-4-5-8-21-17(23)13-9-11-6-7-12(18)10-14(11)19-15(13)16(22)20-21/h6-7,10,19H,2-5,8-9H2,1H3,(H,20,22). The van der Waals surface area contributed by atoms with Gasteiger partial charge >= 0.3 is 0 Å². The summed E-state index contributed by atoms with van der Waals surface area (Å²) in [5, 5.41) is 17.9. The van der Waals surface area contributed by atoms with Gasteiger partial charge in [-0.25, -0.2) is 4.68 Å². The van der Waals surface area contributed by atoms with Gasteiger partial charge in [-0.2, -0.15) is 0 Å². The van der Waals surface area contributed by atoms with Crippen molar-refractivity contribution in [3.8, 4) is 5.88 Å². The van der Waals surface area contributed by atoms with Crippen molar-refractivity contribution in [3.05, 3.63) is 44.7 Å². The number of aryl methyl sites for hydroxylation is 1. The summed E-state index contributed by atoms with van der Waals surface area (Å²) >= 11 is 6.00. The van der Waals surface area contributed by atoms with Gasteiger partial charge in [-0.3, -0.25) is 4.79 Å². The molecule has 122 valence electrons. The van der Waals surface area contributed by atoms with Crippen molar-refractivity contribution in [3.63, 3.8) is 0 Å². The van der Waals surface area contributed by atoms with Gasteiger partial charge in [-0.05, 0) is 24.1 Å². The molecule has 0 atom stereocenters. The molecular weight excluding hydrogens is 314 g/mol. The van der Waals surface area contributed by atoms with Gasteiger partial charge < -0.3 is 10.4 Å². The summed E-state index contributed by atoms with van der Waals surface area (Å²) in [7, 11) is 0. The lowest BCUT2D eigenvalue weighted by Gasteiger charge is -2.22. The molecule has 3 rings (SSSR count). The first kappa shape index (κ1) is 15.9. The fourth-order valence-corrected chi connectivity index (χ4v) is 3.06. The van der Waals surface area contributed by atoms with Gasteiger partial charge in [-0.1, -0.05) is 43.9 Å². The normalized spacial score (nSPS) is 12.4. The van der Waals surface area contributed by atoms with Gasteiger partial charge in [0.05, 0.1) is 5.56 Å². The molecule has 0 amide bonds. The number of aromatic hydroxyl groups is 1. The van der Waals surface area contributed by atoms with Gasteiger partial charge in [0.2, 0.25) is 0 Å². The minimum absolute atomic E-state index is 0.137. The molecule has 1 aliphatic rings. The number of hydrogen-bond donors (Lipinski definition) is 2. The summed E-state index contributed by atoms with van der Waals surface area (Å²) in [6.07, 6.45) is 4.70. The van der Waals surface area contributed by atoms with Crippen LogP contribution in [0, 0.1) is 0 Å². The molecule has 2 heterocycles. The van der Waals surface area contributed by atoms with Crippen LogP contribution in [0.25, 0.3) is 0 Å². The van der Waals surface area contributed by atoms with Crippen LogP contribution in [-0.4, -0.2) is 14.9 Å². The topological polar surface area (TPSA) is 67.1 Å². The third-order valence-corrected chi connectivity index (χ3v) is 4.39. The second kappa shape index (κ2) is 6.62. The van der Waals surface area contributed by atoms with E-state index in [9.17, 15) is 9.90 Å². The minimum atomic E-state index is -0.138. The molecule has 1 aromatic carbocycles. The smallest absolute Gasteiger partial charge is 0.272 e. The molecule has 0 aliphatic carbocycles. The van der Waals surface area contributed by atoms with Crippen LogP contribution in [0.1, 0.15) is 43.7 Å². The average Bonchev–Trinajstić information content (AvgIpc) is 2.54. The number of nitrogens with one attached hydrogen (secondary N) is 1. The van der Waals surface area contributed by atoms with Crippen molar-refractivity contribution in [2.24, 2.45) is 0 Å². The SMILES string of the molecule is CCCCCCn1nc(O)c2c(c1=O)Cc1ccc(Cl)cc1N2. The monoisotopic (exact) mass is 333 g/mol. The van der Waals surface area contributed by atoms with Crippen LogP contribution < -0.4 is 10.9 Å². The van der Waals surface area contributed by atoms with Crippen LogP contribution in [0.4, 0.5) is 11.4 Å². The third-order valence-electron chi connectivity index (χ3n) is 4.16. The maximum atomic E-state index is 12.6. The van der Waals surface area contributed by atoms with Gasteiger partial charge in [0, 0.05) is 23.7 Å². The molecular formula is C17H20ClN3O2. The first-order chi connectivity index (χ1) is 11.1. The van der Waals surface area contributed by atoms with Crippen LogP contribution >= 0.6 is 11.6 Å². The number of rotatable bonds is 5. The average molecular weight is 334 g/mol. The van der Waals surface area contributed by atoms with Crippen molar-refractivity contribution in [1.29, 1.82) is 0 Å². The largest absolute Gasteiger partial charge is 0.491 e. The number of aromatic nitrogens is 2. The molecule has 23 heavy (non-hydrogen) atoms. The summed E-state index contributed by atoms with van der Waals surface area (Å²) in [4.78, 5) is 12.6. The zero-order valence-corrected chi connectivity index (χ0v) is 13.9. The maximum Gasteiger partial charge on any atom is 0.272 e. The zero-order chi connectivity index (χ0) is 16.4. The maximum absolute atomic E-state index is 12.6. The van der Waals surface area contributed by atoms with E-state index in [1.807, 2.05) is 6.07 Å². The lowest BCUT2D eigenvalue weighted by Crippen LogP contribution is -2.29. The highest BCUT2D eigenvalue weighted by Gasteiger charge is 2.23. The van der Waals surface area contributed by atoms with E-state index in [1.165, 1.54) is 4.68 Å². The van der Waals surface area contributed by atoms with E-state index in [4.69, 9.17) is 11.6 Å². The fraction of sp³-hybridized carbons (Fsp3) is 0.412. The van der Waals surface area contributed by atoms with Crippen molar-refractivity contribution in [2.45, 2.75) is 45.6 Å². The molecule has 5 nitrogen and oxygen atoms in total. The second-order valence-electron chi connectivity index (χ2n) is 5.87. The van der Waals surface area contributed by atoms with E-state index < -0.39 is 0 Å². The van der Waals surface area contributed by atoms with Crippen LogP contribution in [0.15, 0.2) is 23.0 Å². The second-order valence-corrected chi connectivity index (χ2v) is 6.31. The Balaban J connectivity index is 1.90. The highest BCUT2D eigenvalue weighted by Crippen LogP contribution is 2.36. The van der Waals surface area contributed by atoms with Crippen molar-refractivity contribution >= 4 is 23.0 Å². The Morgan fingerprint density at radius 2 is 2.17 bits per heavy atom. The van der Waals surface area contributed by atoms with E-state index in [2.05, 4.69) is 17.3 Å². The molecule has 0 spiro atoms. The van der Waals surface area contributed by atoms with Crippen molar-refractivity contribution in [1.82, 2.24) is 9.78 Å². The Morgan fingerprint density at radius 1 is 1.35 bits per heavy atom. The van der Waals surface area contributed by atoms with Crippen molar-refractivity contribution < 1.29 is 5.11 Å².